The van der Waals surface area contributed by atoms with E-state index in [2.05, 4.69) is 17.1 Å². The van der Waals surface area contributed by atoms with E-state index in [4.69, 9.17) is 0 Å². The summed E-state index contributed by atoms with van der Waals surface area (Å²) in [6.45, 7) is 0.576. The highest BCUT2D eigenvalue weighted by molar-refractivity contribution is 5.85. The Morgan fingerprint density at radius 3 is 2.30 bits per heavy atom. The van der Waals surface area contributed by atoms with E-state index in [0.29, 0.717) is 6.54 Å². The van der Waals surface area contributed by atoms with E-state index in [1.54, 1.807) is 6.33 Å². The third kappa shape index (κ3) is 4.95. The Bertz CT molecular complexity index is 698. The molecule has 3 nitrogen and oxygen atoms in total. The molecule has 0 spiro atoms. The van der Waals surface area contributed by atoms with E-state index in [9.17, 15) is 5.11 Å². The molecule has 1 N–H and O–H groups in total. The van der Waals surface area contributed by atoms with Crippen LogP contribution in [-0.4, -0.2) is 20.8 Å². The predicted molar refractivity (Wildman–Crippen MR) is 95.7 cm³/mol. The van der Waals surface area contributed by atoms with Gasteiger partial charge in [-0.25, -0.2) is 4.98 Å². The van der Waals surface area contributed by atoms with Gasteiger partial charge in [-0.15, -0.1) is 12.4 Å². The lowest BCUT2D eigenvalue weighted by molar-refractivity contribution is 0.144. The number of nitrogens with zero attached hydrogens (tertiary/aromatic N) is 2. The summed E-state index contributed by atoms with van der Waals surface area (Å²) in [7, 11) is 0. The minimum absolute atomic E-state index is 0. The molecular weight excluding hydrogens is 308 g/mol. The van der Waals surface area contributed by atoms with Gasteiger partial charge in [-0.3, -0.25) is 0 Å². The van der Waals surface area contributed by atoms with Crippen LogP contribution in [0.15, 0.2) is 73.2 Å². The summed E-state index contributed by atoms with van der Waals surface area (Å²) in [5.41, 5.74) is 3.30. The Balaban J connectivity index is 0.00000192. The second kappa shape index (κ2) is 8.51. The van der Waals surface area contributed by atoms with Crippen LogP contribution >= 0.6 is 12.4 Å². The molecule has 1 unspecified atom stereocenters. The summed E-state index contributed by atoms with van der Waals surface area (Å²) in [5.74, 6) is 0. The molecule has 1 aromatic heterocycles. The van der Waals surface area contributed by atoms with Gasteiger partial charge in [0.1, 0.15) is 0 Å². The van der Waals surface area contributed by atoms with Gasteiger partial charge in [0.2, 0.25) is 0 Å². The molecule has 0 saturated carbocycles. The molecule has 2 aromatic carbocycles. The molecule has 120 valence electrons. The number of benzene rings is 2. The fourth-order valence-corrected chi connectivity index (χ4v) is 2.53. The molecule has 0 radical (unpaired) electrons. The number of aliphatic hydroxyl groups is 1. The lowest BCUT2D eigenvalue weighted by Crippen LogP contribution is -2.15. The first kappa shape index (κ1) is 17.3. The summed E-state index contributed by atoms with van der Waals surface area (Å²) in [5, 5.41) is 10.2. The average molecular weight is 329 g/mol. The summed E-state index contributed by atoms with van der Waals surface area (Å²) >= 11 is 0. The minimum atomic E-state index is -0.363. The first-order valence-corrected chi connectivity index (χ1v) is 7.60. The van der Waals surface area contributed by atoms with Crippen molar-refractivity contribution in [3.63, 3.8) is 0 Å². The predicted octanol–water partition coefficient (Wildman–Crippen LogP) is 3.97. The van der Waals surface area contributed by atoms with Gasteiger partial charge in [0.05, 0.1) is 18.1 Å². The summed E-state index contributed by atoms with van der Waals surface area (Å²) in [6.07, 6.45) is 5.05. The van der Waals surface area contributed by atoms with Crippen molar-refractivity contribution in [2.45, 2.75) is 25.5 Å². The number of hydrogen-bond acceptors (Lipinski definition) is 2. The fraction of sp³-hybridized carbons (Fsp3) is 0.211. The van der Waals surface area contributed by atoms with Gasteiger partial charge in [0, 0.05) is 18.3 Å². The number of aryl methyl sites for hydroxylation is 1. The Labute approximate surface area is 143 Å². The molecule has 23 heavy (non-hydrogen) atoms. The molecular formula is C19H21ClN2O. The molecule has 4 heteroatoms. The van der Waals surface area contributed by atoms with Gasteiger partial charge in [0.15, 0.2) is 0 Å². The lowest BCUT2D eigenvalue weighted by Gasteiger charge is -2.11. The molecule has 1 heterocycles. The van der Waals surface area contributed by atoms with E-state index < -0.39 is 0 Å². The maximum atomic E-state index is 10.2. The molecule has 0 fully saturated rings. The van der Waals surface area contributed by atoms with Crippen molar-refractivity contribution in [1.82, 2.24) is 9.55 Å². The monoisotopic (exact) mass is 328 g/mol. The third-order valence-corrected chi connectivity index (χ3v) is 3.73. The third-order valence-electron chi connectivity index (χ3n) is 3.73. The van der Waals surface area contributed by atoms with Crippen molar-refractivity contribution in [3.8, 4) is 11.3 Å². The van der Waals surface area contributed by atoms with Crippen LogP contribution < -0.4 is 0 Å². The number of aromatic nitrogens is 2. The zero-order valence-corrected chi connectivity index (χ0v) is 13.7. The number of imidazole rings is 1. The SMILES string of the molecule is Cl.OC(CCc1ccccc1)Cn1cnc(-c2ccccc2)c1. The highest BCUT2D eigenvalue weighted by atomic mass is 35.5. The van der Waals surface area contributed by atoms with E-state index in [1.165, 1.54) is 5.56 Å². The van der Waals surface area contributed by atoms with Gasteiger partial charge in [-0.05, 0) is 18.4 Å². The zero-order valence-electron chi connectivity index (χ0n) is 12.9. The van der Waals surface area contributed by atoms with Crippen molar-refractivity contribution in [2.75, 3.05) is 0 Å². The topological polar surface area (TPSA) is 38.0 Å². The Kier molecular flexibility index (Phi) is 6.39. The lowest BCUT2D eigenvalue weighted by atomic mass is 10.1. The van der Waals surface area contributed by atoms with Crippen LogP contribution in [0.3, 0.4) is 0 Å². The Hall–Kier alpha value is -2.10. The molecule has 0 amide bonds. The van der Waals surface area contributed by atoms with Crippen LogP contribution in [0.1, 0.15) is 12.0 Å². The first-order chi connectivity index (χ1) is 10.8. The number of hydrogen-bond donors (Lipinski definition) is 1. The molecule has 3 aromatic rings. The smallest absolute Gasteiger partial charge is 0.0954 e. The zero-order chi connectivity index (χ0) is 15.2. The largest absolute Gasteiger partial charge is 0.391 e. The van der Waals surface area contributed by atoms with Crippen molar-refractivity contribution < 1.29 is 5.11 Å². The maximum Gasteiger partial charge on any atom is 0.0954 e. The van der Waals surface area contributed by atoms with Gasteiger partial charge >= 0.3 is 0 Å². The normalized spacial score (nSPS) is 11.7. The first-order valence-electron chi connectivity index (χ1n) is 7.60. The average Bonchev–Trinajstić information content (AvgIpc) is 3.03. The molecule has 0 saturated heterocycles. The summed E-state index contributed by atoms with van der Waals surface area (Å²) in [6, 6.07) is 20.3. The van der Waals surface area contributed by atoms with E-state index in [0.717, 1.165) is 24.1 Å². The van der Waals surface area contributed by atoms with Crippen LogP contribution in [0.5, 0.6) is 0 Å². The second-order valence-electron chi connectivity index (χ2n) is 5.50. The van der Waals surface area contributed by atoms with Crippen molar-refractivity contribution >= 4 is 12.4 Å². The highest BCUT2D eigenvalue weighted by Gasteiger charge is 2.07. The Morgan fingerprint density at radius 2 is 1.61 bits per heavy atom. The van der Waals surface area contributed by atoms with Crippen LogP contribution in [0.25, 0.3) is 11.3 Å². The Morgan fingerprint density at radius 1 is 0.957 bits per heavy atom. The van der Waals surface area contributed by atoms with Crippen molar-refractivity contribution in [1.29, 1.82) is 0 Å². The summed E-state index contributed by atoms with van der Waals surface area (Å²) in [4.78, 5) is 4.41. The molecule has 1 atom stereocenters. The number of aliphatic hydroxyl groups excluding tert-OH is 1. The van der Waals surface area contributed by atoms with Gasteiger partial charge in [0.25, 0.3) is 0 Å². The van der Waals surface area contributed by atoms with Crippen LogP contribution in [0.2, 0.25) is 0 Å². The van der Waals surface area contributed by atoms with Crippen LogP contribution in [-0.2, 0) is 13.0 Å². The van der Waals surface area contributed by atoms with Gasteiger partial charge in [-0.1, -0.05) is 60.7 Å². The van der Waals surface area contributed by atoms with Crippen LogP contribution in [0.4, 0.5) is 0 Å². The van der Waals surface area contributed by atoms with Crippen molar-refractivity contribution in [2.24, 2.45) is 0 Å². The molecule has 0 bridgehead atoms. The molecule has 3 rings (SSSR count). The van der Waals surface area contributed by atoms with Crippen molar-refractivity contribution in [3.05, 3.63) is 78.8 Å². The highest BCUT2D eigenvalue weighted by Crippen LogP contribution is 2.16. The maximum absolute atomic E-state index is 10.2. The van der Waals surface area contributed by atoms with E-state index in [1.807, 2.05) is 59.3 Å². The molecule has 0 aliphatic heterocycles. The van der Waals surface area contributed by atoms with Gasteiger partial charge in [-0.2, -0.15) is 0 Å². The second-order valence-corrected chi connectivity index (χ2v) is 5.50. The minimum Gasteiger partial charge on any atom is -0.391 e. The number of halogens is 1. The standard InChI is InChI=1S/C19H20N2O.ClH/c22-18(12-11-16-7-3-1-4-8-16)13-21-14-19(20-15-21)17-9-5-2-6-10-17;/h1-10,14-15,18,22H,11-13H2;1H. The fourth-order valence-electron chi connectivity index (χ4n) is 2.53. The number of rotatable bonds is 6. The quantitative estimate of drug-likeness (QED) is 0.743. The van der Waals surface area contributed by atoms with E-state index in [-0.39, 0.29) is 18.5 Å². The van der Waals surface area contributed by atoms with Gasteiger partial charge < -0.3 is 9.67 Å². The van der Waals surface area contributed by atoms with Crippen LogP contribution in [0, 0.1) is 0 Å². The molecule has 0 aliphatic carbocycles. The summed E-state index contributed by atoms with van der Waals surface area (Å²) < 4.78 is 1.96. The van der Waals surface area contributed by atoms with E-state index >= 15 is 0 Å². The molecule has 0 aliphatic rings.